The first-order valence-electron chi connectivity index (χ1n) is 15.6. The first-order valence-corrected chi connectivity index (χ1v) is 21.0. The van der Waals surface area contributed by atoms with E-state index in [4.69, 9.17) is 34.8 Å². The van der Waals surface area contributed by atoms with Gasteiger partial charge in [-0.25, -0.2) is 13.4 Å². The van der Waals surface area contributed by atoms with Crippen LogP contribution in [0.5, 0.6) is 5.75 Å². The van der Waals surface area contributed by atoms with Crippen LogP contribution in [0.2, 0.25) is 15.7 Å². The van der Waals surface area contributed by atoms with Crippen LogP contribution < -0.4 is 110 Å². The number of anilines is 4. The van der Waals surface area contributed by atoms with Gasteiger partial charge in [0.05, 0.1) is 10.6 Å². The van der Waals surface area contributed by atoms with E-state index in [9.17, 15) is 49.3 Å². The quantitative estimate of drug-likeness (QED) is 0.0260. The molecule has 0 aliphatic heterocycles. The molecule has 0 aliphatic rings. The third kappa shape index (κ3) is 12.3. The number of nitrogens with one attached hydrogen (secondary N) is 3. The Labute approximate surface area is 427 Å². The average Bonchev–Trinajstić information content (AvgIpc) is 3.11. The fourth-order valence-electron chi connectivity index (χ4n) is 5.41. The van der Waals surface area contributed by atoms with Gasteiger partial charge < -0.3 is 25.6 Å². The largest absolute Gasteiger partial charge is 1.00 e. The number of rotatable bonds is 12. The van der Waals surface area contributed by atoms with Gasteiger partial charge in [-0.3, -0.25) is 9.11 Å². The summed E-state index contributed by atoms with van der Waals surface area (Å²) < 4.78 is 107. The number of aromatic nitrogens is 5. The van der Waals surface area contributed by atoms with E-state index in [0.29, 0.717) is 23.6 Å². The van der Waals surface area contributed by atoms with E-state index in [0.717, 1.165) is 6.07 Å². The Morgan fingerprint density at radius 1 is 0.836 bits per heavy atom. The van der Waals surface area contributed by atoms with Crippen LogP contribution in [-0.2, 0) is 30.4 Å². The van der Waals surface area contributed by atoms with Crippen molar-refractivity contribution in [2.24, 2.45) is 10.2 Å². The van der Waals surface area contributed by atoms with Crippen molar-refractivity contribution >= 4 is 121 Å². The normalized spacial score (nSPS) is 12.2. The third-order valence-electron chi connectivity index (χ3n) is 7.80. The third-order valence-corrected chi connectivity index (χ3v) is 11.0. The smallest absolute Gasteiger partial charge is 0.870 e. The SMILES string of the molecule is CC(CNc1nc(Cl)nc(Nc2cc(S(=O)(=O)[O-])cc3cc(S(=O)(=O)O)c(N=Nc4ccc5ccccc5c4S(=O)(=O)O)c([O-])c23)n1)Nc1nc(Cl)nc(Cl)c1C#N.[Na+].[Na+].[Na+]. The molecule has 30 heteroatoms. The molecule has 0 saturated carbocycles. The van der Waals surface area contributed by atoms with Gasteiger partial charge in [-0.05, 0) is 70.5 Å². The molecule has 0 saturated heterocycles. The van der Waals surface area contributed by atoms with Crippen LogP contribution in [0.4, 0.5) is 34.8 Å². The molecule has 2 heterocycles. The predicted octanol–water partition coefficient (Wildman–Crippen LogP) is -3.65. The van der Waals surface area contributed by atoms with Gasteiger partial charge in [0.15, 0.2) is 11.0 Å². The Balaban J connectivity index is 0.00000331. The molecule has 0 spiro atoms. The molecule has 0 amide bonds. The molecule has 0 bridgehead atoms. The van der Waals surface area contributed by atoms with Crippen molar-refractivity contribution in [1.29, 1.82) is 5.26 Å². The zero-order valence-corrected chi connectivity index (χ0v) is 42.3. The summed E-state index contributed by atoms with van der Waals surface area (Å²) in [6.45, 7) is 1.68. The summed E-state index contributed by atoms with van der Waals surface area (Å²) in [7, 11) is -15.7. The molecule has 2 aromatic heterocycles. The van der Waals surface area contributed by atoms with Crippen molar-refractivity contribution in [3.63, 3.8) is 0 Å². The molecule has 1 unspecified atom stereocenters. The van der Waals surface area contributed by atoms with Gasteiger partial charge in [0.2, 0.25) is 22.5 Å². The molecule has 21 nitrogen and oxygen atoms in total. The van der Waals surface area contributed by atoms with Gasteiger partial charge in [0.25, 0.3) is 20.2 Å². The Hall–Kier alpha value is -2.62. The molecule has 300 valence electrons. The topological polar surface area (TPSA) is 338 Å². The van der Waals surface area contributed by atoms with Crippen molar-refractivity contribution in [3.8, 4) is 11.8 Å². The Kier molecular flexibility index (Phi) is 18.1. The van der Waals surface area contributed by atoms with Gasteiger partial charge in [-0.15, -0.1) is 10.2 Å². The predicted molar refractivity (Wildman–Crippen MR) is 206 cm³/mol. The summed E-state index contributed by atoms with van der Waals surface area (Å²) in [6, 6.07) is 11.8. The van der Waals surface area contributed by atoms with Crippen molar-refractivity contribution < 1.29 is 133 Å². The van der Waals surface area contributed by atoms with E-state index in [1.165, 1.54) is 24.3 Å². The van der Waals surface area contributed by atoms with Gasteiger partial charge >= 0.3 is 88.7 Å². The molecule has 0 fully saturated rings. The Morgan fingerprint density at radius 3 is 2.13 bits per heavy atom. The molecule has 4 aromatic carbocycles. The maximum atomic E-state index is 14.1. The minimum Gasteiger partial charge on any atom is -0.870 e. The molecule has 0 aliphatic carbocycles. The Bertz CT molecular complexity index is 3120. The summed E-state index contributed by atoms with van der Waals surface area (Å²) >= 11 is 18.0. The maximum absolute atomic E-state index is 14.1. The first-order chi connectivity index (χ1) is 27.1. The monoisotopic (exact) mass is 976 g/mol. The first kappa shape index (κ1) is 52.7. The van der Waals surface area contributed by atoms with Crippen LogP contribution in [0.3, 0.4) is 0 Å². The van der Waals surface area contributed by atoms with Crippen LogP contribution in [0.15, 0.2) is 79.5 Å². The van der Waals surface area contributed by atoms with E-state index in [-0.39, 0.29) is 128 Å². The number of nitrogens with zero attached hydrogens (tertiary/aromatic N) is 8. The number of azo groups is 1. The fraction of sp³-hybridized carbons (Fsp3) is 0.0968. The minimum absolute atomic E-state index is 0. The van der Waals surface area contributed by atoms with Gasteiger partial charge in [-0.2, -0.15) is 42.0 Å². The molecular formula is C31H20Cl3N11Na3O10S3+. The average molecular weight is 978 g/mol. The van der Waals surface area contributed by atoms with Crippen LogP contribution >= 0.6 is 34.8 Å². The summed E-state index contributed by atoms with van der Waals surface area (Å²) in [4.78, 5) is 16.8. The number of halogens is 3. The fourth-order valence-corrected chi connectivity index (χ4v) is 8.02. The summed E-state index contributed by atoms with van der Waals surface area (Å²) in [6.07, 6.45) is 0. The van der Waals surface area contributed by atoms with Crippen molar-refractivity contribution in [1.82, 2.24) is 24.9 Å². The summed E-state index contributed by atoms with van der Waals surface area (Å²) in [5.74, 6) is -1.94. The van der Waals surface area contributed by atoms with E-state index in [2.05, 4.69) is 51.1 Å². The number of nitriles is 1. The number of fused-ring (bicyclic) bond motifs is 2. The van der Waals surface area contributed by atoms with Crippen molar-refractivity contribution in [3.05, 3.63) is 75.9 Å². The van der Waals surface area contributed by atoms with Crippen LogP contribution in [-0.4, -0.2) is 76.4 Å². The maximum Gasteiger partial charge on any atom is 1.00 e. The molecule has 5 N–H and O–H groups in total. The van der Waals surface area contributed by atoms with E-state index < -0.39 is 95.9 Å². The second-order valence-corrected chi connectivity index (χ2v) is 16.9. The van der Waals surface area contributed by atoms with E-state index >= 15 is 0 Å². The summed E-state index contributed by atoms with van der Waals surface area (Å²) in [5.41, 5.74) is -2.21. The molecule has 61 heavy (non-hydrogen) atoms. The molecular weight excluding hydrogens is 958 g/mol. The number of hydrogen-bond donors (Lipinski definition) is 5. The van der Waals surface area contributed by atoms with Crippen LogP contribution in [0, 0.1) is 11.3 Å². The van der Waals surface area contributed by atoms with Crippen molar-refractivity contribution in [2.45, 2.75) is 27.7 Å². The van der Waals surface area contributed by atoms with Crippen LogP contribution in [0.1, 0.15) is 12.5 Å². The second-order valence-electron chi connectivity index (χ2n) is 11.8. The number of hydrogen-bond acceptors (Lipinski definition) is 19. The molecule has 6 rings (SSSR count). The molecule has 6 aromatic rings. The van der Waals surface area contributed by atoms with Gasteiger partial charge in [-0.1, -0.05) is 47.7 Å². The van der Waals surface area contributed by atoms with E-state index in [1.807, 2.05) is 6.07 Å². The van der Waals surface area contributed by atoms with Crippen molar-refractivity contribution in [2.75, 3.05) is 22.5 Å². The zero-order valence-electron chi connectivity index (χ0n) is 31.6. The zero-order chi connectivity index (χ0) is 42.3. The van der Waals surface area contributed by atoms with Gasteiger partial charge in [0, 0.05) is 23.7 Å². The molecule has 1 atom stereocenters. The summed E-state index contributed by atoms with van der Waals surface area (Å²) in [5, 5.41) is 37.8. The second kappa shape index (κ2) is 20.9. The minimum atomic E-state index is -5.37. The molecule has 0 radical (unpaired) electrons. The van der Waals surface area contributed by atoms with Gasteiger partial charge in [0.1, 0.15) is 37.2 Å². The Morgan fingerprint density at radius 2 is 1.49 bits per heavy atom. The standard InChI is InChI=1S/C31H22Cl3N11O10S3.3Na/c1-13(37-27-18(11-35)26(32)39-28(33)40-27)12-36-30-41-29(34)42-31(43-30)38-20-10-16(56(47,48)49)8-15-9-21(57(50,51)52)23(24(46)22(15)20)45-44-19-7-6-14-4-2-3-5-17(14)25(19)58(53,54)55;;;/h2-10,13,46H,12H2,1H3,(H,37,39,40)(H,47,48,49)(H,50,51,52)(H,53,54,55)(H2,36,38,41,42,43);;;/q;3*+1/p-2. The van der Waals surface area contributed by atoms with E-state index in [1.54, 1.807) is 13.0 Å². The van der Waals surface area contributed by atoms with Crippen LogP contribution in [0.25, 0.3) is 21.5 Å². The number of benzene rings is 4.